The fourth-order valence-electron chi connectivity index (χ4n) is 2.32. The van der Waals surface area contributed by atoms with Crippen molar-refractivity contribution >= 4 is 15.9 Å². The summed E-state index contributed by atoms with van der Waals surface area (Å²) in [5.74, 6) is 0.594. The van der Waals surface area contributed by atoms with Crippen molar-refractivity contribution in [2.75, 3.05) is 32.9 Å². The fourth-order valence-corrected chi connectivity index (χ4v) is 3.49. The first-order valence-electron chi connectivity index (χ1n) is 7.89. The Morgan fingerprint density at radius 2 is 1.84 bits per heavy atom. The lowest BCUT2D eigenvalue weighted by atomic mass is 10.2. The van der Waals surface area contributed by atoms with Gasteiger partial charge in [0.2, 0.25) is 0 Å². The molecule has 2 aromatic rings. The number of nitrogens with one attached hydrogen (secondary N) is 2. The summed E-state index contributed by atoms with van der Waals surface area (Å²) in [6, 6.07) is 11.3. The van der Waals surface area contributed by atoms with Gasteiger partial charge < -0.3 is 15.1 Å². The highest BCUT2D eigenvalue weighted by Crippen LogP contribution is 2.17. The Bertz CT molecular complexity index is 758. The number of furan rings is 1. The van der Waals surface area contributed by atoms with Gasteiger partial charge in [-0.1, -0.05) is 18.2 Å². The average molecular weight is 365 g/mol. The second-order valence-electron chi connectivity index (χ2n) is 5.76. The Balaban J connectivity index is 1.79. The lowest BCUT2D eigenvalue weighted by molar-refractivity contribution is 0.226. The zero-order valence-electron chi connectivity index (χ0n) is 14.3. The standard InChI is InChI=1S/C17H23N3O4S/c1-20(2)15(16-9-6-11-24-16)13-19-17(21)18-10-12-25(22,23)14-7-4-3-5-8-14/h3-9,11,15H,10,12-13H2,1-2H3,(H2,18,19,21). The van der Waals surface area contributed by atoms with E-state index in [0.717, 1.165) is 5.76 Å². The lowest BCUT2D eigenvalue weighted by Crippen LogP contribution is -2.41. The van der Waals surface area contributed by atoms with E-state index in [9.17, 15) is 13.2 Å². The third kappa shape index (κ3) is 5.61. The van der Waals surface area contributed by atoms with Crippen LogP contribution in [-0.2, 0) is 9.84 Å². The normalized spacial score (nSPS) is 12.8. The fraction of sp³-hybridized carbons (Fsp3) is 0.353. The molecule has 0 radical (unpaired) electrons. The Kier molecular flexibility index (Phi) is 6.60. The quantitative estimate of drug-likeness (QED) is 0.742. The molecule has 0 aliphatic heterocycles. The molecule has 2 amide bonds. The minimum absolute atomic E-state index is 0.0381. The molecule has 0 bridgehead atoms. The Morgan fingerprint density at radius 3 is 2.44 bits per heavy atom. The summed E-state index contributed by atoms with van der Waals surface area (Å²) < 4.78 is 29.6. The van der Waals surface area contributed by atoms with Crippen LogP contribution in [0.4, 0.5) is 4.79 Å². The molecule has 0 aliphatic carbocycles. The van der Waals surface area contributed by atoms with Gasteiger partial charge in [-0.15, -0.1) is 0 Å². The Labute approximate surface area is 147 Å². The van der Waals surface area contributed by atoms with Crippen molar-refractivity contribution in [2.24, 2.45) is 0 Å². The minimum atomic E-state index is -3.40. The molecule has 1 unspecified atom stereocenters. The molecule has 0 saturated heterocycles. The van der Waals surface area contributed by atoms with Crippen LogP contribution in [-0.4, -0.2) is 52.3 Å². The number of likely N-dealkylation sites (N-methyl/N-ethyl adjacent to an activating group) is 1. The molecule has 2 rings (SSSR count). The molecule has 0 saturated carbocycles. The van der Waals surface area contributed by atoms with Crippen molar-refractivity contribution in [1.82, 2.24) is 15.5 Å². The third-order valence-electron chi connectivity index (χ3n) is 3.71. The largest absolute Gasteiger partial charge is 0.468 e. The number of rotatable bonds is 8. The van der Waals surface area contributed by atoms with Crippen molar-refractivity contribution in [2.45, 2.75) is 10.9 Å². The lowest BCUT2D eigenvalue weighted by Gasteiger charge is -2.22. The van der Waals surface area contributed by atoms with E-state index in [4.69, 9.17) is 4.42 Å². The van der Waals surface area contributed by atoms with Crippen LogP contribution in [0, 0.1) is 0 Å². The number of carbonyl (C=O) groups is 1. The molecule has 0 aliphatic rings. The Morgan fingerprint density at radius 1 is 1.12 bits per heavy atom. The second kappa shape index (κ2) is 8.68. The van der Waals surface area contributed by atoms with Crippen LogP contribution in [0.2, 0.25) is 0 Å². The van der Waals surface area contributed by atoms with E-state index in [1.54, 1.807) is 42.7 Å². The molecule has 8 heteroatoms. The van der Waals surface area contributed by atoms with E-state index < -0.39 is 15.9 Å². The minimum Gasteiger partial charge on any atom is -0.468 e. The summed E-state index contributed by atoms with van der Waals surface area (Å²) in [6.45, 7) is 0.383. The summed E-state index contributed by atoms with van der Waals surface area (Å²) in [4.78, 5) is 14.1. The SMILES string of the molecule is CN(C)C(CNC(=O)NCCS(=O)(=O)c1ccccc1)c1ccco1. The van der Waals surface area contributed by atoms with Gasteiger partial charge in [0.1, 0.15) is 5.76 Å². The van der Waals surface area contributed by atoms with Crippen LogP contribution in [0.1, 0.15) is 11.8 Å². The predicted molar refractivity (Wildman–Crippen MR) is 95.0 cm³/mol. The van der Waals surface area contributed by atoms with Crippen LogP contribution >= 0.6 is 0 Å². The zero-order valence-corrected chi connectivity index (χ0v) is 15.1. The van der Waals surface area contributed by atoms with Crippen LogP contribution in [0.15, 0.2) is 58.0 Å². The number of sulfone groups is 1. The number of carbonyl (C=O) groups excluding carboxylic acids is 1. The van der Waals surface area contributed by atoms with Gasteiger partial charge in [-0.2, -0.15) is 0 Å². The number of benzene rings is 1. The topological polar surface area (TPSA) is 91.7 Å². The maximum Gasteiger partial charge on any atom is 0.314 e. The van der Waals surface area contributed by atoms with Gasteiger partial charge in [-0.3, -0.25) is 4.90 Å². The second-order valence-corrected chi connectivity index (χ2v) is 7.87. The molecule has 25 heavy (non-hydrogen) atoms. The van der Waals surface area contributed by atoms with Crippen molar-refractivity contribution in [3.63, 3.8) is 0 Å². The smallest absolute Gasteiger partial charge is 0.314 e. The average Bonchev–Trinajstić information content (AvgIpc) is 3.09. The number of amides is 2. The molecule has 1 heterocycles. The van der Waals surface area contributed by atoms with E-state index in [1.807, 2.05) is 25.1 Å². The van der Waals surface area contributed by atoms with Gasteiger partial charge in [0.25, 0.3) is 0 Å². The van der Waals surface area contributed by atoms with Crippen molar-refractivity contribution < 1.29 is 17.6 Å². The highest BCUT2D eigenvalue weighted by Gasteiger charge is 2.18. The van der Waals surface area contributed by atoms with Gasteiger partial charge in [-0.25, -0.2) is 13.2 Å². The van der Waals surface area contributed by atoms with Crippen LogP contribution < -0.4 is 10.6 Å². The van der Waals surface area contributed by atoms with E-state index in [2.05, 4.69) is 10.6 Å². The van der Waals surface area contributed by atoms with Crippen molar-refractivity contribution in [3.05, 3.63) is 54.5 Å². The van der Waals surface area contributed by atoms with E-state index >= 15 is 0 Å². The van der Waals surface area contributed by atoms with Crippen LogP contribution in [0.5, 0.6) is 0 Å². The first-order chi connectivity index (χ1) is 11.9. The van der Waals surface area contributed by atoms with Gasteiger partial charge in [0, 0.05) is 13.1 Å². The number of hydrogen-bond donors (Lipinski definition) is 2. The summed E-state index contributed by atoms with van der Waals surface area (Å²) in [5.41, 5.74) is 0. The molecular weight excluding hydrogens is 342 g/mol. The molecule has 2 N–H and O–H groups in total. The van der Waals surface area contributed by atoms with Crippen molar-refractivity contribution in [1.29, 1.82) is 0 Å². The monoisotopic (exact) mass is 365 g/mol. The Hall–Kier alpha value is -2.32. The van der Waals surface area contributed by atoms with E-state index in [1.165, 1.54) is 0 Å². The van der Waals surface area contributed by atoms with Gasteiger partial charge in [0.15, 0.2) is 9.84 Å². The van der Waals surface area contributed by atoms with E-state index in [-0.39, 0.29) is 23.2 Å². The molecule has 7 nitrogen and oxygen atoms in total. The number of hydrogen-bond acceptors (Lipinski definition) is 5. The molecule has 0 spiro atoms. The summed E-state index contributed by atoms with van der Waals surface area (Å²) in [7, 11) is 0.374. The molecular formula is C17H23N3O4S. The van der Waals surface area contributed by atoms with E-state index in [0.29, 0.717) is 6.54 Å². The summed E-state index contributed by atoms with van der Waals surface area (Å²) >= 11 is 0. The molecule has 1 aromatic carbocycles. The zero-order chi connectivity index (χ0) is 18.3. The highest BCUT2D eigenvalue weighted by atomic mass is 32.2. The van der Waals surface area contributed by atoms with Crippen LogP contribution in [0.3, 0.4) is 0 Å². The maximum atomic E-state index is 12.1. The molecule has 136 valence electrons. The molecule has 1 atom stereocenters. The first-order valence-corrected chi connectivity index (χ1v) is 9.55. The molecule has 0 fully saturated rings. The first kappa shape index (κ1) is 19.0. The molecule has 1 aromatic heterocycles. The summed E-state index contributed by atoms with van der Waals surface area (Å²) in [6.07, 6.45) is 1.58. The van der Waals surface area contributed by atoms with Crippen LogP contribution in [0.25, 0.3) is 0 Å². The van der Waals surface area contributed by atoms with Crippen molar-refractivity contribution in [3.8, 4) is 0 Å². The number of urea groups is 1. The predicted octanol–water partition coefficient (Wildman–Crippen LogP) is 1.66. The van der Waals surface area contributed by atoms with Gasteiger partial charge in [-0.05, 0) is 38.4 Å². The highest BCUT2D eigenvalue weighted by molar-refractivity contribution is 7.91. The van der Waals surface area contributed by atoms with Gasteiger partial charge >= 0.3 is 6.03 Å². The summed E-state index contributed by atoms with van der Waals surface area (Å²) in [5, 5.41) is 5.30. The third-order valence-corrected chi connectivity index (χ3v) is 5.44. The van der Waals surface area contributed by atoms with Gasteiger partial charge in [0.05, 0.1) is 23.0 Å². The number of nitrogens with zero attached hydrogens (tertiary/aromatic N) is 1. The maximum absolute atomic E-state index is 12.1.